The smallest absolute Gasteiger partial charge is 0.314 e. The van der Waals surface area contributed by atoms with E-state index < -0.39 is 12.3 Å². The SMILES string of the molecule is CCCC(C)c1nnc(C(F)F)o1. The number of alkyl halides is 2. The maximum atomic E-state index is 12.0. The molecule has 13 heavy (non-hydrogen) atoms. The minimum atomic E-state index is -2.67. The molecule has 74 valence electrons. The van der Waals surface area contributed by atoms with Gasteiger partial charge in [-0.05, 0) is 6.42 Å². The van der Waals surface area contributed by atoms with Crippen molar-refractivity contribution in [3.05, 3.63) is 11.8 Å². The van der Waals surface area contributed by atoms with Crippen LogP contribution in [0.5, 0.6) is 0 Å². The summed E-state index contributed by atoms with van der Waals surface area (Å²) in [5, 5.41) is 6.81. The van der Waals surface area contributed by atoms with Crippen molar-refractivity contribution in [1.29, 1.82) is 0 Å². The lowest BCUT2D eigenvalue weighted by Crippen LogP contribution is -1.92. The van der Waals surface area contributed by atoms with E-state index in [1.807, 2.05) is 13.8 Å². The van der Waals surface area contributed by atoms with Crippen LogP contribution in [0.2, 0.25) is 0 Å². The van der Waals surface area contributed by atoms with Crippen molar-refractivity contribution in [1.82, 2.24) is 10.2 Å². The zero-order valence-corrected chi connectivity index (χ0v) is 7.63. The van der Waals surface area contributed by atoms with Gasteiger partial charge in [0.15, 0.2) is 0 Å². The molecule has 0 aliphatic rings. The Morgan fingerprint density at radius 3 is 2.38 bits per heavy atom. The monoisotopic (exact) mass is 190 g/mol. The van der Waals surface area contributed by atoms with Gasteiger partial charge in [-0.1, -0.05) is 20.3 Å². The van der Waals surface area contributed by atoms with Crippen LogP contribution in [-0.2, 0) is 0 Å². The van der Waals surface area contributed by atoms with Crippen LogP contribution in [0.4, 0.5) is 8.78 Å². The summed E-state index contributed by atoms with van der Waals surface area (Å²) in [7, 11) is 0. The molecule has 0 aliphatic carbocycles. The number of rotatable bonds is 4. The van der Waals surface area contributed by atoms with Crippen molar-refractivity contribution in [2.45, 2.75) is 39.0 Å². The molecule has 1 unspecified atom stereocenters. The van der Waals surface area contributed by atoms with Crippen molar-refractivity contribution in [3.8, 4) is 0 Å². The van der Waals surface area contributed by atoms with Gasteiger partial charge in [0.2, 0.25) is 5.89 Å². The first-order chi connectivity index (χ1) is 6.15. The molecule has 5 heteroatoms. The van der Waals surface area contributed by atoms with Gasteiger partial charge in [0.1, 0.15) is 0 Å². The maximum absolute atomic E-state index is 12.0. The van der Waals surface area contributed by atoms with Crippen molar-refractivity contribution in [2.24, 2.45) is 0 Å². The predicted molar refractivity (Wildman–Crippen MR) is 42.6 cm³/mol. The summed E-state index contributed by atoms with van der Waals surface area (Å²) < 4.78 is 28.9. The Morgan fingerprint density at radius 1 is 1.31 bits per heavy atom. The third kappa shape index (κ3) is 2.47. The van der Waals surface area contributed by atoms with Crippen molar-refractivity contribution in [3.63, 3.8) is 0 Å². The summed E-state index contributed by atoms with van der Waals surface area (Å²) in [5.74, 6) is -0.222. The largest absolute Gasteiger partial charge is 0.420 e. The van der Waals surface area contributed by atoms with Crippen LogP contribution in [0, 0.1) is 0 Å². The number of nitrogens with zero attached hydrogens (tertiary/aromatic N) is 2. The van der Waals surface area contributed by atoms with E-state index in [-0.39, 0.29) is 5.92 Å². The summed E-state index contributed by atoms with van der Waals surface area (Å²) in [6.45, 7) is 3.90. The second-order valence-corrected chi connectivity index (χ2v) is 2.97. The molecule has 0 bridgehead atoms. The summed E-state index contributed by atoms with van der Waals surface area (Å²) in [6, 6.07) is 0. The van der Waals surface area contributed by atoms with Crippen LogP contribution in [0.1, 0.15) is 50.8 Å². The van der Waals surface area contributed by atoms with Gasteiger partial charge in [-0.25, -0.2) is 0 Å². The molecular formula is C8H12F2N2O. The Bertz CT molecular complexity index is 262. The molecule has 0 spiro atoms. The number of hydrogen-bond acceptors (Lipinski definition) is 3. The van der Waals surface area contributed by atoms with Crippen LogP contribution in [0.25, 0.3) is 0 Å². The molecule has 0 amide bonds. The lowest BCUT2D eigenvalue weighted by atomic mass is 10.1. The molecule has 1 aromatic rings. The normalized spacial score (nSPS) is 13.6. The summed E-state index contributed by atoms with van der Waals surface area (Å²) in [5.41, 5.74) is 0. The zero-order chi connectivity index (χ0) is 9.84. The summed E-state index contributed by atoms with van der Waals surface area (Å²) >= 11 is 0. The van der Waals surface area contributed by atoms with Gasteiger partial charge < -0.3 is 4.42 Å². The second-order valence-electron chi connectivity index (χ2n) is 2.97. The highest BCUT2D eigenvalue weighted by Gasteiger charge is 2.18. The Balaban J connectivity index is 2.67. The first-order valence-electron chi connectivity index (χ1n) is 4.26. The van der Waals surface area contributed by atoms with Gasteiger partial charge in [0.25, 0.3) is 5.89 Å². The van der Waals surface area contributed by atoms with Gasteiger partial charge in [0.05, 0.1) is 0 Å². The van der Waals surface area contributed by atoms with Gasteiger partial charge >= 0.3 is 6.43 Å². The minimum Gasteiger partial charge on any atom is -0.420 e. The van der Waals surface area contributed by atoms with E-state index in [0.717, 1.165) is 12.8 Å². The van der Waals surface area contributed by atoms with Gasteiger partial charge in [0, 0.05) is 5.92 Å². The van der Waals surface area contributed by atoms with Gasteiger partial charge in [-0.2, -0.15) is 8.78 Å². The Hall–Kier alpha value is -1.00. The fourth-order valence-electron chi connectivity index (χ4n) is 1.09. The summed E-state index contributed by atoms with van der Waals surface area (Å²) in [4.78, 5) is 0. The van der Waals surface area contributed by atoms with Crippen molar-refractivity contribution >= 4 is 0 Å². The highest BCUT2D eigenvalue weighted by molar-refractivity contribution is 4.89. The first-order valence-corrected chi connectivity index (χ1v) is 4.26. The van der Waals surface area contributed by atoms with Crippen LogP contribution in [-0.4, -0.2) is 10.2 Å². The number of halogens is 2. The van der Waals surface area contributed by atoms with Crippen molar-refractivity contribution < 1.29 is 13.2 Å². The van der Waals surface area contributed by atoms with E-state index in [9.17, 15) is 8.78 Å². The van der Waals surface area contributed by atoms with Crippen LogP contribution in [0.15, 0.2) is 4.42 Å². The minimum absolute atomic E-state index is 0.0602. The average Bonchev–Trinajstić information content (AvgIpc) is 2.52. The summed E-state index contributed by atoms with van der Waals surface area (Å²) in [6.07, 6.45) is -0.839. The zero-order valence-electron chi connectivity index (χ0n) is 7.63. The molecule has 1 atom stereocenters. The molecule has 1 aromatic heterocycles. The number of aromatic nitrogens is 2. The fourth-order valence-corrected chi connectivity index (χ4v) is 1.09. The Morgan fingerprint density at radius 2 is 1.92 bits per heavy atom. The van der Waals surface area contributed by atoms with E-state index in [2.05, 4.69) is 10.2 Å². The molecule has 0 N–H and O–H groups in total. The average molecular weight is 190 g/mol. The molecule has 1 heterocycles. The lowest BCUT2D eigenvalue weighted by Gasteiger charge is -2.02. The highest BCUT2D eigenvalue weighted by atomic mass is 19.3. The Kier molecular flexibility index (Phi) is 3.33. The van der Waals surface area contributed by atoms with Crippen molar-refractivity contribution in [2.75, 3.05) is 0 Å². The fraction of sp³-hybridized carbons (Fsp3) is 0.750. The molecule has 1 rings (SSSR count). The lowest BCUT2D eigenvalue weighted by molar-refractivity contribution is 0.112. The highest BCUT2D eigenvalue weighted by Crippen LogP contribution is 2.23. The molecular weight excluding hydrogens is 178 g/mol. The molecule has 3 nitrogen and oxygen atoms in total. The van der Waals surface area contributed by atoms with E-state index >= 15 is 0 Å². The van der Waals surface area contributed by atoms with Crippen LogP contribution >= 0.6 is 0 Å². The predicted octanol–water partition coefficient (Wildman–Crippen LogP) is 2.91. The molecule has 0 aromatic carbocycles. The van der Waals surface area contributed by atoms with Crippen LogP contribution < -0.4 is 0 Å². The third-order valence-corrected chi connectivity index (χ3v) is 1.79. The van der Waals surface area contributed by atoms with E-state index in [1.54, 1.807) is 0 Å². The van der Waals surface area contributed by atoms with E-state index in [4.69, 9.17) is 4.42 Å². The van der Waals surface area contributed by atoms with Gasteiger partial charge in [-0.15, -0.1) is 10.2 Å². The molecule has 0 fully saturated rings. The quantitative estimate of drug-likeness (QED) is 0.732. The topological polar surface area (TPSA) is 38.9 Å². The first kappa shape index (κ1) is 10.1. The number of hydrogen-bond donors (Lipinski definition) is 0. The molecule has 0 aliphatic heterocycles. The third-order valence-electron chi connectivity index (χ3n) is 1.79. The van der Waals surface area contributed by atoms with Crippen LogP contribution in [0.3, 0.4) is 0 Å². The standard InChI is InChI=1S/C8H12F2N2O/c1-3-4-5(2)7-11-12-8(13-7)6(9)10/h5-6H,3-4H2,1-2H3. The van der Waals surface area contributed by atoms with E-state index in [0.29, 0.717) is 5.89 Å². The second kappa shape index (κ2) is 4.30. The molecule has 0 saturated carbocycles. The van der Waals surface area contributed by atoms with Gasteiger partial charge in [-0.3, -0.25) is 0 Å². The molecule has 0 saturated heterocycles. The molecule has 0 radical (unpaired) electrons. The maximum Gasteiger partial charge on any atom is 0.314 e. The van der Waals surface area contributed by atoms with E-state index in [1.165, 1.54) is 0 Å². The Labute approximate surface area is 75.2 Å².